The van der Waals surface area contributed by atoms with Crippen molar-refractivity contribution in [1.29, 1.82) is 0 Å². The molecule has 5 nitrogen and oxygen atoms in total. The molecule has 0 fully saturated rings. The molecule has 0 saturated carbocycles. The molecule has 0 aliphatic heterocycles. The molecule has 0 spiro atoms. The van der Waals surface area contributed by atoms with Crippen LogP contribution in [0.5, 0.6) is 0 Å². The number of hydrogen-bond acceptors (Lipinski definition) is 3. The van der Waals surface area contributed by atoms with E-state index in [2.05, 4.69) is 31.8 Å². The Labute approximate surface area is 192 Å². The van der Waals surface area contributed by atoms with Crippen molar-refractivity contribution < 1.29 is 9.59 Å². The molecule has 0 saturated heterocycles. The molecular weight excluding hydrogens is 489 g/mol. The highest BCUT2D eigenvalue weighted by Crippen LogP contribution is 2.22. The van der Waals surface area contributed by atoms with Gasteiger partial charge < -0.3 is 5.32 Å². The van der Waals surface area contributed by atoms with Crippen molar-refractivity contribution in [3.05, 3.63) is 97.9 Å². The molecule has 3 aromatic carbocycles. The largest absolute Gasteiger partial charge is 0.322 e. The fourth-order valence-electron chi connectivity index (χ4n) is 2.53. The number of benzene rings is 3. The van der Waals surface area contributed by atoms with Crippen LogP contribution in [0.4, 0.5) is 5.69 Å². The average molecular weight is 505 g/mol. The second-order valence-corrected chi connectivity index (χ2v) is 8.06. The highest BCUT2D eigenvalue weighted by Gasteiger charge is 2.11. The summed E-state index contributed by atoms with van der Waals surface area (Å²) < 4.78 is 0.893. The molecule has 3 rings (SSSR count). The predicted molar refractivity (Wildman–Crippen MR) is 125 cm³/mol. The Morgan fingerprint density at radius 1 is 0.867 bits per heavy atom. The van der Waals surface area contributed by atoms with Crippen LogP contribution < -0.4 is 10.7 Å². The maximum atomic E-state index is 12.4. The maximum Gasteiger partial charge on any atom is 0.271 e. The van der Waals surface area contributed by atoms with Crippen molar-refractivity contribution in [2.45, 2.75) is 6.92 Å². The van der Waals surface area contributed by atoms with Gasteiger partial charge in [0.2, 0.25) is 0 Å². The van der Waals surface area contributed by atoms with Crippen molar-refractivity contribution in [2.75, 3.05) is 5.32 Å². The first-order valence-electron chi connectivity index (χ1n) is 8.80. The fourth-order valence-corrected chi connectivity index (χ4v) is 3.29. The quantitative estimate of drug-likeness (QED) is 0.322. The van der Waals surface area contributed by atoms with E-state index >= 15 is 0 Å². The number of carbonyl (C=O) groups is 2. The molecule has 0 atom stereocenters. The summed E-state index contributed by atoms with van der Waals surface area (Å²) in [7, 11) is 0. The first kappa shape index (κ1) is 22.0. The Hall–Kier alpha value is -2.67. The third-order valence-electron chi connectivity index (χ3n) is 4.17. The van der Waals surface area contributed by atoms with Crippen molar-refractivity contribution in [3.63, 3.8) is 0 Å². The Morgan fingerprint density at radius 2 is 1.50 bits per heavy atom. The fraction of sp³-hybridized carbons (Fsp3) is 0.0455. The lowest BCUT2D eigenvalue weighted by Crippen LogP contribution is -2.19. The number of hydrazone groups is 1. The highest BCUT2D eigenvalue weighted by atomic mass is 79.9. The molecule has 0 bridgehead atoms. The monoisotopic (exact) mass is 503 g/mol. The van der Waals surface area contributed by atoms with Gasteiger partial charge in [0.25, 0.3) is 11.8 Å². The molecule has 0 aliphatic carbocycles. The lowest BCUT2D eigenvalue weighted by molar-refractivity contribution is 0.0954. The first-order valence-corrected chi connectivity index (χ1v) is 10.4. The summed E-state index contributed by atoms with van der Waals surface area (Å²) in [5.74, 6) is -0.637. The Bertz CT molecular complexity index is 1110. The van der Waals surface area contributed by atoms with Crippen LogP contribution in [0.15, 0.2) is 76.3 Å². The van der Waals surface area contributed by atoms with Gasteiger partial charge >= 0.3 is 0 Å². The number of halogens is 3. The standard InChI is InChI=1S/C22H16BrCl2N3O2/c1-13(27-28-21(29)15-2-6-16(23)7-3-15)14-4-9-18(10-5-14)26-22(30)19-11-8-17(24)12-20(19)25/h2-12H,1H3,(H,26,30)(H,28,29)/b27-13-. The van der Waals surface area contributed by atoms with E-state index in [9.17, 15) is 9.59 Å². The minimum Gasteiger partial charge on any atom is -0.322 e. The Balaban J connectivity index is 1.64. The second kappa shape index (κ2) is 9.89. The summed E-state index contributed by atoms with van der Waals surface area (Å²) in [5, 5.41) is 7.66. The Morgan fingerprint density at radius 3 is 2.13 bits per heavy atom. The van der Waals surface area contributed by atoms with Crippen LogP contribution in [0, 0.1) is 0 Å². The molecule has 3 aromatic rings. The van der Waals surface area contributed by atoms with E-state index in [4.69, 9.17) is 23.2 Å². The van der Waals surface area contributed by atoms with Gasteiger partial charge in [0, 0.05) is 20.7 Å². The number of anilines is 1. The van der Waals surface area contributed by atoms with E-state index in [1.807, 2.05) is 0 Å². The molecule has 0 aliphatic rings. The van der Waals surface area contributed by atoms with Crippen molar-refractivity contribution in [3.8, 4) is 0 Å². The highest BCUT2D eigenvalue weighted by molar-refractivity contribution is 9.10. The van der Waals surface area contributed by atoms with Crippen molar-refractivity contribution in [1.82, 2.24) is 5.43 Å². The van der Waals surface area contributed by atoms with Crippen LogP contribution in [0.2, 0.25) is 10.0 Å². The molecule has 2 amide bonds. The number of rotatable bonds is 5. The molecule has 0 radical (unpaired) electrons. The zero-order valence-electron chi connectivity index (χ0n) is 15.7. The van der Waals surface area contributed by atoms with Crippen LogP contribution in [-0.4, -0.2) is 17.5 Å². The SMILES string of the molecule is C/C(=N/NC(=O)c1ccc(Br)cc1)c1ccc(NC(=O)c2ccc(Cl)cc2Cl)cc1. The number of nitrogens with one attached hydrogen (secondary N) is 2. The lowest BCUT2D eigenvalue weighted by Gasteiger charge is -2.08. The molecular formula is C22H16BrCl2N3O2. The molecule has 152 valence electrons. The van der Waals surface area contributed by atoms with Gasteiger partial charge in [0.05, 0.1) is 16.3 Å². The first-order chi connectivity index (χ1) is 14.3. The van der Waals surface area contributed by atoms with Gasteiger partial charge in [-0.25, -0.2) is 5.43 Å². The van der Waals surface area contributed by atoms with E-state index in [1.54, 1.807) is 67.6 Å². The van der Waals surface area contributed by atoms with E-state index in [0.29, 0.717) is 27.5 Å². The molecule has 0 unspecified atom stereocenters. The van der Waals surface area contributed by atoms with Crippen LogP contribution in [0.3, 0.4) is 0 Å². The maximum absolute atomic E-state index is 12.4. The minimum atomic E-state index is -0.337. The summed E-state index contributed by atoms with van der Waals surface area (Å²) >= 11 is 15.3. The number of amides is 2. The van der Waals surface area contributed by atoms with Gasteiger partial charge in [-0.1, -0.05) is 51.3 Å². The van der Waals surface area contributed by atoms with Crippen molar-refractivity contribution >= 4 is 62.3 Å². The number of carbonyl (C=O) groups excluding carboxylic acids is 2. The van der Waals surface area contributed by atoms with Gasteiger partial charge in [-0.15, -0.1) is 0 Å². The van der Waals surface area contributed by atoms with E-state index in [1.165, 1.54) is 6.07 Å². The summed E-state index contributed by atoms with van der Waals surface area (Å²) in [5.41, 5.74) is 5.40. The normalized spacial score (nSPS) is 11.1. The van der Waals surface area contributed by atoms with Crippen LogP contribution in [0.25, 0.3) is 0 Å². The van der Waals surface area contributed by atoms with E-state index in [-0.39, 0.29) is 16.8 Å². The van der Waals surface area contributed by atoms with Crippen molar-refractivity contribution in [2.24, 2.45) is 5.10 Å². The predicted octanol–water partition coefficient (Wildman–Crippen LogP) is 6.16. The molecule has 2 N–H and O–H groups in total. The summed E-state index contributed by atoms with van der Waals surface area (Å²) in [6.07, 6.45) is 0. The molecule has 8 heteroatoms. The van der Waals surface area contributed by atoms with Crippen LogP contribution >= 0.6 is 39.1 Å². The van der Waals surface area contributed by atoms with Crippen LogP contribution in [-0.2, 0) is 0 Å². The zero-order valence-corrected chi connectivity index (χ0v) is 18.8. The Kier molecular flexibility index (Phi) is 7.26. The minimum absolute atomic E-state index is 0.279. The summed E-state index contributed by atoms with van der Waals surface area (Å²) in [4.78, 5) is 24.5. The topological polar surface area (TPSA) is 70.6 Å². The molecule has 0 aromatic heterocycles. The zero-order chi connectivity index (χ0) is 21.7. The van der Waals surface area contributed by atoms with Gasteiger partial charge in [-0.3, -0.25) is 9.59 Å². The number of hydrogen-bond donors (Lipinski definition) is 2. The molecule has 30 heavy (non-hydrogen) atoms. The second-order valence-electron chi connectivity index (χ2n) is 6.30. The lowest BCUT2D eigenvalue weighted by atomic mass is 10.1. The van der Waals surface area contributed by atoms with E-state index in [0.717, 1.165) is 10.0 Å². The van der Waals surface area contributed by atoms with Gasteiger partial charge in [0.15, 0.2) is 0 Å². The van der Waals surface area contributed by atoms with E-state index < -0.39 is 0 Å². The third kappa shape index (κ3) is 5.69. The average Bonchev–Trinajstić information content (AvgIpc) is 2.72. The van der Waals surface area contributed by atoms with Crippen LogP contribution in [0.1, 0.15) is 33.2 Å². The molecule has 0 heterocycles. The van der Waals surface area contributed by atoms with Gasteiger partial charge in [-0.2, -0.15) is 5.10 Å². The third-order valence-corrected chi connectivity index (χ3v) is 5.24. The number of nitrogens with zero attached hydrogens (tertiary/aromatic N) is 1. The summed E-state index contributed by atoms with van der Waals surface area (Å²) in [6.45, 7) is 1.78. The van der Waals surface area contributed by atoms with Gasteiger partial charge in [-0.05, 0) is 67.1 Å². The van der Waals surface area contributed by atoms with Gasteiger partial charge in [0.1, 0.15) is 0 Å². The summed E-state index contributed by atoms with van der Waals surface area (Å²) in [6, 6.07) is 18.7. The smallest absolute Gasteiger partial charge is 0.271 e.